The van der Waals surface area contributed by atoms with E-state index < -0.39 is 35.0 Å². The van der Waals surface area contributed by atoms with Crippen molar-refractivity contribution in [1.82, 2.24) is 0 Å². The number of Topliss-reactive ketones (excluding diaryl/α,β-unsaturated/α-hetero) is 1. The van der Waals surface area contributed by atoms with E-state index in [-0.39, 0.29) is 33.2 Å². The topological polar surface area (TPSA) is 47.2 Å². The largest absolute Gasteiger partial charge is 0.871 e. The van der Waals surface area contributed by atoms with Gasteiger partial charge in [0.2, 0.25) is 5.52 Å². The van der Waals surface area contributed by atoms with Crippen LogP contribution in [0.1, 0.15) is 36.1 Å². The van der Waals surface area contributed by atoms with Crippen LogP contribution >= 0.6 is 0 Å². The summed E-state index contributed by atoms with van der Waals surface area (Å²) in [4.78, 5) is 14.8. The highest BCUT2D eigenvalue weighted by Gasteiger charge is 2.34. The molecule has 2 heterocycles. The van der Waals surface area contributed by atoms with E-state index in [9.17, 15) is 36.2 Å². The molecule has 206 valence electrons. The molecule has 0 fully saturated rings. The van der Waals surface area contributed by atoms with E-state index in [2.05, 4.69) is 0 Å². The van der Waals surface area contributed by atoms with Gasteiger partial charge in [-0.2, -0.15) is 30.9 Å². The van der Waals surface area contributed by atoms with Crippen LogP contribution in [0.5, 0.6) is 0 Å². The molecular weight excluding hydrogens is 534 g/mol. The Balaban J connectivity index is 1.59. The molecule has 0 N–H and O–H groups in total. The Labute approximate surface area is 225 Å². The van der Waals surface area contributed by atoms with Crippen molar-refractivity contribution >= 4 is 34.0 Å². The molecule has 2 aromatic carbocycles. The molecule has 0 unspecified atom stereocenters. The van der Waals surface area contributed by atoms with Gasteiger partial charge in [-0.3, -0.25) is 4.79 Å². The number of benzene rings is 2. The molecule has 0 atom stereocenters. The van der Waals surface area contributed by atoms with Crippen LogP contribution < -0.4 is 14.6 Å². The first kappa shape index (κ1) is 27.2. The number of aromatic nitrogens is 1. The van der Waals surface area contributed by atoms with Crippen LogP contribution in [-0.2, 0) is 23.7 Å². The van der Waals surface area contributed by atoms with Crippen molar-refractivity contribution < 1.29 is 40.8 Å². The Kier molecular flexibility index (Phi) is 6.60. The molecule has 0 saturated heterocycles. The number of carbonyl (C=O) groups is 1. The minimum absolute atomic E-state index is 0.209. The Hall–Kier alpha value is -4.34. The molecule has 3 aromatic rings. The first-order valence-corrected chi connectivity index (χ1v) is 12.4. The summed E-state index contributed by atoms with van der Waals surface area (Å²) < 4.78 is 82.1. The van der Waals surface area contributed by atoms with Gasteiger partial charge in [0.05, 0.1) is 16.5 Å². The number of hydrogen-bond acceptors (Lipinski definition) is 3. The van der Waals surface area contributed by atoms with E-state index in [1.165, 1.54) is 36.4 Å². The summed E-state index contributed by atoms with van der Waals surface area (Å²) in [5, 5.41) is 13.2. The van der Waals surface area contributed by atoms with E-state index in [1.807, 2.05) is 13.8 Å². The number of fused-ring (bicyclic) bond motifs is 2. The molecule has 1 aliphatic carbocycles. The van der Waals surface area contributed by atoms with Gasteiger partial charge >= 0.3 is 12.4 Å². The molecule has 0 saturated carbocycles. The number of aryl methyl sites for hydroxylation is 1. The highest BCUT2D eigenvalue weighted by Crippen LogP contribution is 2.40. The molecule has 5 rings (SSSR count). The smallest absolute Gasteiger partial charge is 0.416 e. The standard InChI is InChI=1S/C30H22F6N2O2/c1-3-37-11-9-17(21-15-19(29(31,32)33)5-7-25(21)37)13-23-27(39)24(28(23)40)14-18-10-12-38(4-2)26-8-6-20(16-22(18)26)30(34,35)36/h5-16H,3-4H2,1-2H3. The lowest BCUT2D eigenvalue weighted by Crippen LogP contribution is -2.33. The fourth-order valence-electron chi connectivity index (χ4n) is 4.88. The summed E-state index contributed by atoms with van der Waals surface area (Å²) in [7, 11) is 0. The highest BCUT2D eigenvalue weighted by molar-refractivity contribution is 6.24. The SMILES string of the molecule is CCN1C=C/C(=C\C2=C([O-])C(=C\c3cc[n+](CC)c4ccc(C(F)(F)F)cc34)/C2=O)c2cc(C(F)(F)F)ccc21. The van der Waals surface area contributed by atoms with E-state index in [4.69, 9.17) is 0 Å². The predicted octanol–water partition coefficient (Wildman–Crippen LogP) is 6.20. The third-order valence-electron chi connectivity index (χ3n) is 7.02. The van der Waals surface area contributed by atoms with Crippen LogP contribution in [0.3, 0.4) is 0 Å². The summed E-state index contributed by atoms with van der Waals surface area (Å²) in [6.45, 7) is 4.64. The number of alkyl halides is 6. The van der Waals surface area contributed by atoms with Crippen molar-refractivity contribution in [1.29, 1.82) is 0 Å². The van der Waals surface area contributed by atoms with Gasteiger partial charge in [0.1, 0.15) is 6.54 Å². The van der Waals surface area contributed by atoms with Crippen molar-refractivity contribution in [2.45, 2.75) is 32.7 Å². The molecule has 10 heteroatoms. The Bertz CT molecular complexity index is 1680. The van der Waals surface area contributed by atoms with Crippen molar-refractivity contribution in [3.05, 3.63) is 106 Å². The molecule has 2 aliphatic rings. The van der Waals surface area contributed by atoms with Gasteiger partial charge < -0.3 is 10.0 Å². The zero-order valence-corrected chi connectivity index (χ0v) is 21.3. The molecule has 40 heavy (non-hydrogen) atoms. The molecule has 0 radical (unpaired) electrons. The zero-order chi connectivity index (χ0) is 29.0. The van der Waals surface area contributed by atoms with Crippen molar-refractivity contribution in [2.24, 2.45) is 0 Å². The van der Waals surface area contributed by atoms with Crippen LogP contribution in [0.25, 0.3) is 22.6 Å². The first-order chi connectivity index (χ1) is 18.8. The first-order valence-electron chi connectivity index (χ1n) is 12.4. The number of carbonyl (C=O) groups excluding carboxylic acids is 1. The van der Waals surface area contributed by atoms with E-state index in [1.54, 1.807) is 21.9 Å². The molecule has 1 aliphatic heterocycles. The maximum Gasteiger partial charge on any atom is 0.416 e. The summed E-state index contributed by atoms with van der Waals surface area (Å²) in [5.41, 5.74) is -0.380. The van der Waals surface area contributed by atoms with Gasteiger partial charge in [0.25, 0.3) is 0 Å². The number of halogens is 6. The van der Waals surface area contributed by atoms with E-state index in [0.29, 0.717) is 24.3 Å². The second-order valence-corrected chi connectivity index (χ2v) is 9.35. The van der Waals surface area contributed by atoms with Crippen molar-refractivity contribution in [3.63, 3.8) is 0 Å². The van der Waals surface area contributed by atoms with E-state index >= 15 is 0 Å². The summed E-state index contributed by atoms with van der Waals surface area (Å²) in [6.07, 6.45) is -1.78. The third kappa shape index (κ3) is 4.67. The van der Waals surface area contributed by atoms with Crippen LogP contribution in [0.2, 0.25) is 0 Å². The molecule has 0 amide bonds. The van der Waals surface area contributed by atoms with Crippen molar-refractivity contribution in [2.75, 3.05) is 11.4 Å². The zero-order valence-electron chi connectivity index (χ0n) is 21.3. The van der Waals surface area contributed by atoms with Crippen LogP contribution in [0, 0.1) is 0 Å². The lowest BCUT2D eigenvalue weighted by molar-refractivity contribution is -0.667. The normalized spacial score (nSPS) is 17.7. The van der Waals surface area contributed by atoms with Crippen LogP contribution in [0.4, 0.5) is 32.0 Å². The quantitative estimate of drug-likeness (QED) is 0.218. The number of ketones is 1. The number of nitrogens with zero attached hydrogens (tertiary/aromatic N) is 2. The maximum atomic E-state index is 13.4. The number of hydrogen-bond donors (Lipinski definition) is 0. The fraction of sp³-hybridized carbons (Fsp3) is 0.200. The minimum atomic E-state index is -4.58. The minimum Gasteiger partial charge on any atom is -0.871 e. The van der Waals surface area contributed by atoms with E-state index in [0.717, 1.165) is 24.3 Å². The number of allylic oxidation sites excluding steroid dienone is 5. The maximum absolute atomic E-state index is 13.4. The van der Waals surface area contributed by atoms with Gasteiger partial charge in [-0.05, 0) is 73.5 Å². The number of rotatable bonds is 4. The lowest BCUT2D eigenvalue weighted by Gasteiger charge is -2.31. The predicted molar refractivity (Wildman–Crippen MR) is 136 cm³/mol. The molecule has 4 nitrogen and oxygen atoms in total. The summed E-state index contributed by atoms with van der Waals surface area (Å²) in [6, 6.07) is 8.14. The van der Waals surface area contributed by atoms with Gasteiger partial charge in [0, 0.05) is 47.3 Å². The van der Waals surface area contributed by atoms with Gasteiger partial charge in [0.15, 0.2) is 12.0 Å². The summed E-state index contributed by atoms with van der Waals surface area (Å²) in [5.74, 6) is -1.27. The Morgan fingerprint density at radius 3 is 2.23 bits per heavy atom. The Morgan fingerprint density at radius 1 is 0.925 bits per heavy atom. The highest BCUT2D eigenvalue weighted by atomic mass is 19.4. The second kappa shape index (κ2) is 9.69. The number of anilines is 1. The van der Waals surface area contributed by atoms with Gasteiger partial charge in [-0.25, -0.2) is 0 Å². The number of pyridine rings is 1. The van der Waals surface area contributed by atoms with Crippen LogP contribution in [0.15, 0.2) is 83.9 Å². The fourth-order valence-corrected chi connectivity index (χ4v) is 4.88. The monoisotopic (exact) mass is 556 g/mol. The second-order valence-electron chi connectivity index (χ2n) is 9.35. The average Bonchev–Trinajstić information content (AvgIpc) is 2.92. The molecular formula is C30H22F6N2O2. The Morgan fingerprint density at radius 2 is 1.60 bits per heavy atom. The molecule has 0 spiro atoms. The third-order valence-corrected chi connectivity index (χ3v) is 7.02. The molecule has 0 bridgehead atoms. The average molecular weight is 557 g/mol. The van der Waals surface area contributed by atoms with Crippen LogP contribution in [-0.4, -0.2) is 12.3 Å². The van der Waals surface area contributed by atoms with Gasteiger partial charge in [-0.15, -0.1) is 0 Å². The van der Waals surface area contributed by atoms with Crippen molar-refractivity contribution in [3.8, 4) is 0 Å². The molecule has 1 aromatic heterocycles. The van der Waals surface area contributed by atoms with Gasteiger partial charge in [-0.1, -0.05) is 5.76 Å². The lowest BCUT2D eigenvalue weighted by atomic mass is 9.84. The summed E-state index contributed by atoms with van der Waals surface area (Å²) >= 11 is 0.